The Balaban J connectivity index is 0.000000118. The number of nitrogens with one attached hydrogen (secondary N) is 3. The Labute approximate surface area is 798 Å². The summed E-state index contributed by atoms with van der Waals surface area (Å²) in [5.74, 6) is 0. The lowest BCUT2D eigenvalue weighted by Crippen LogP contribution is -1.84. The fourth-order valence-electron chi connectivity index (χ4n) is 10.5. The van der Waals surface area contributed by atoms with Crippen LogP contribution in [0, 0.1) is 0 Å². The van der Waals surface area contributed by atoms with Crippen molar-refractivity contribution in [3.05, 3.63) is 369 Å². The molecule has 24 rings (SSSR count). The second kappa shape index (κ2) is 44.5. The molecule has 0 atom stereocenters. The second-order valence-electron chi connectivity index (χ2n) is 24.3. The Morgan fingerprint density at radius 3 is 1.52 bits per heavy atom. The molecule has 30 nitrogen and oxygen atoms in total. The fourth-order valence-corrected chi connectivity index (χ4v) is 14.1. The van der Waals surface area contributed by atoms with Gasteiger partial charge in [0.1, 0.15) is 77.4 Å². The third kappa shape index (κ3) is 24.6. The third-order valence-corrected chi connectivity index (χ3v) is 21.2. The van der Waals surface area contributed by atoms with E-state index in [1.54, 1.807) is 166 Å². The van der Waals surface area contributed by atoms with E-state index in [1.807, 2.05) is 132 Å². The second-order valence-corrected chi connectivity index (χ2v) is 31.4. The summed E-state index contributed by atoms with van der Waals surface area (Å²) >= 11 is 103. The molecule has 0 aromatic carbocycles. The summed E-state index contributed by atoms with van der Waals surface area (Å²) in [4.78, 5) is 79.3. The van der Waals surface area contributed by atoms with Gasteiger partial charge < -0.3 is 37.0 Å². The molecule has 48 heteroatoms. The highest BCUT2D eigenvalue weighted by atomic mass is 35.5. The molecule has 3 N–H and O–H groups in total. The summed E-state index contributed by atoms with van der Waals surface area (Å²) in [5.41, 5.74) is 11.1. The summed E-state index contributed by atoms with van der Waals surface area (Å²) in [6, 6.07) is 30.5. The van der Waals surface area contributed by atoms with E-state index in [4.69, 9.17) is 209 Å². The Morgan fingerprint density at radius 1 is 0.254 bits per heavy atom. The van der Waals surface area contributed by atoms with Gasteiger partial charge in [0.15, 0.2) is 44.2 Å². The maximum absolute atomic E-state index is 5.86. The Hall–Kier alpha value is -10.9. The van der Waals surface area contributed by atoms with Crippen LogP contribution in [0.2, 0.25) is 91.7 Å². The van der Waals surface area contributed by atoms with Gasteiger partial charge in [-0.2, -0.15) is 9.97 Å². The first-order valence-corrected chi connectivity index (χ1v) is 42.0. The van der Waals surface area contributed by atoms with Crippen LogP contribution in [0.1, 0.15) is 0 Å². The summed E-state index contributed by atoms with van der Waals surface area (Å²) in [6.07, 6.45) is 48.3. The molecule has 636 valence electrons. The standard InChI is InChI=1S/5C7H4Cl2N2.4C7H5ClN2.C5H2Cl2N4.2C5H3ClN4/c8-5-3-7-10-1-2-11(7)4-6(5)9;8-5-3-6(9)7-10-1-2-11(7)4-5;8-5-3-6(9)11-2-1-10-7(11)4-5;8-5-1-2-6-10-3-4-11(6)7(5)9;8-5-1-2-6(9)11-4-3-10-7(5)11;8-6-1-3-10-4-2-9-7(10)5-6;8-6-1-2-7-9-3-4-10(7)5-6;8-6-2-1-4-10-5-3-9-7(6)10;8-6-2-1-3-7-9-4-5-10(6)7;6-3-2-4(9-1-8-2)11-5(7)10-3;6-4-3-5(9-1-7-3)10-2-8-4;6-5-7-1-3-4(10-5)9-2-8-3/h5*1-4H;4*1-5H;1H,(H,8,9,10,11);2*1-2H,(H,7,8,9,10). The lowest BCUT2D eigenvalue weighted by Gasteiger charge is -1.97. The van der Waals surface area contributed by atoms with Gasteiger partial charge in [-0.1, -0.05) is 192 Å². The molecule has 24 aromatic heterocycles. The van der Waals surface area contributed by atoms with Crippen LogP contribution in [0.5, 0.6) is 0 Å². The van der Waals surface area contributed by atoms with Gasteiger partial charge in [-0.05, 0) is 108 Å². The zero-order chi connectivity index (χ0) is 88.9. The minimum atomic E-state index is 0.106. The first-order chi connectivity index (χ1) is 60.9. The van der Waals surface area contributed by atoms with Gasteiger partial charge in [0.05, 0.1) is 65.4 Å². The Kier molecular flexibility index (Phi) is 32.7. The summed E-state index contributed by atoms with van der Waals surface area (Å²) < 4.78 is 16.3. The van der Waals surface area contributed by atoms with Gasteiger partial charge in [-0.25, -0.2) is 79.7 Å². The molecule has 0 aliphatic carbocycles. The highest BCUT2D eigenvalue weighted by Crippen LogP contribution is 2.27. The molecular formula is C78H48Cl18N30. The third-order valence-electron chi connectivity index (χ3n) is 16.2. The number of aromatic nitrogens is 30. The van der Waals surface area contributed by atoms with Gasteiger partial charge in [0.25, 0.3) is 0 Å². The minimum Gasteiger partial charge on any atom is -0.342 e. The lowest BCUT2D eigenvalue weighted by molar-refractivity contribution is 1.19. The topological polar surface area (TPSA) is 319 Å². The van der Waals surface area contributed by atoms with Crippen molar-refractivity contribution in [2.75, 3.05) is 0 Å². The van der Waals surface area contributed by atoms with Crippen LogP contribution < -0.4 is 0 Å². The van der Waals surface area contributed by atoms with E-state index in [9.17, 15) is 0 Å². The number of halogens is 18. The highest BCUT2D eigenvalue weighted by Gasteiger charge is 2.10. The van der Waals surface area contributed by atoms with Crippen molar-refractivity contribution in [2.45, 2.75) is 0 Å². The predicted molar refractivity (Wildman–Crippen MR) is 502 cm³/mol. The van der Waals surface area contributed by atoms with E-state index in [-0.39, 0.29) is 15.7 Å². The van der Waals surface area contributed by atoms with Crippen molar-refractivity contribution < 1.29 is 0 Å². The number of hydrogen-bond donors (Lipinski definition) is 3. The van der Waals surface area contributed by atoms with Gasteiger partial charge in [-0.15, -0.1) is 0 Å². The van der Waals surface area contributed by atoms with Crippen molar-refractivity contribution in [3.63, 3.8) is 0 Å². The molecule has 0 spiro atoms. The van der Waals surface area contributed by atoms with Crippen molar-refractivity contribution in [3.8, 4) is 0 Å². The van der Waals surface area contributed by atoms with Crippen molar-refractivity contribution in [1.82, 2.24) is 144 Å². The number of imidazole rings is 12. The van der Waals surface area contributed by atoms with Crippen LogP contribution in [-0.4, -0.2) is 144 Å². The molecule has 0 fully saturated rings. The molecule has 0 saturated heterocycles. The molecule has 0 radical (unpaired) electrons. The van der Waals surface area contributed by atoms with E-state index < -0.39 is 0 Å². The average Bonchev–Trinajstić information content (AvgIpc) is 1.70. The van der Waals surface area contributed by atoms with E-state index in [0.717, 1.165) is 60.7 Å². The van der Waals surface area contributed by atoms with Crippen LogP contribution in [0.25, 0.3) is 84.3 Å². The van der Waals surface area contributed by atoms with E-state index in [0.29, 0.717) is 99.6 Å². The quantitative estimate of drug-likeness (QED) is 0.0721. The number of hydrogen-bond acceptors (Lipinski definition) is 18. The van der Waals surface area contributed by atoms with E-state index in [1.165, 1.54) is 19.0 Å². The first-order valence-electron chi connectivity index (χ1n) is 35.2. The van der Waals surface area contributed by atoms with Gasteiger partial charge >= 0.3 is 0 Å². The van der Waals surface area contributed by atoms with Gasteiger partial charge in [0, 0.05) is 165 Å². The van der Waals surface area contributed by atoms with Crippen LogP contribution in [-0.2, 0) is 0 Å². The number of pyridine rings is 9. The zero-order valence-corrected chi connectivity index (χ0v) is 76.5. The smallest absolute Gasteiger partial charge is 0.225 e. The van der Waals surface area contributed by atoms with Crippen LogP contribution in [0.3, 0.4) is 0 Å². The van der Waals surface area contributed by atoms with Crippen molar-refractivity contribution in [1.29, 1.82) is 0 Å². The predicted octanol–water partition coefficient (Wildman–Crippen LogP) is 24.8. The molecule has 0 bridgehead atoms. The minimum absolute atomic E-state index is 0.106. The van der Waals surface area contributed by atoms with Crippen molar-refractivity contribution in [2.24, 2.45) is 0 Å². The molecule has 24 heterocycles. The molecule has 24 aromatic rings. The Morgan fingerprint density at radius 2 is 0.794 bits per heavy atom. The van der Waals surface area contributed by atoms with Crippen LogP contribution in [0.15, 0.2) is 277 Å². The molecule has 0 aliphatic heterocycles. The largest absolute Gasteiger partial charge is 0.342 e. The summed E-state index contributed by atoms with van der Waals surface area (Å²) in [6.45, 7) is 0. The van der Waals surface area contributed by atoms with Crippen LogP contribution in [0.4, 0.5) is 0 Å². The molecule has 0 aliphatic rings. The summed E-state index contributed by atoms with van der Waals surface area (Å²) in [7, 11) is 0. The molecular weight excluding hydrogens is 2000 g/mol. The van der Waals surface area contributed by atoms with Gasteiger partial charge in [0.2, 0.25) is 10.6 Å². The lowest BCUT2D eigenvalue weighted by atomic mass is 10.5. The number of nitrogens with zero attached hydrogens (tertiary/aromatic N) is 27. The van der Waals surface area contributed by atoms with Crippen molar-refractivity contribution >= 4 is 293 Å². The SMILES string of the molecule is Clc1cc(Cl)c2nccn2c1.Clc1cc(Cl)n2ccnc2c1.Clc1cc2nccn2cc1Cl.Clc1ccc(Cl)n2ccnc12.Clc1ccc2nccn2c1.Clc1ccc2nccn2c1Cl.Clc1cccc2nccn12.Clc1cccn2ccnc12.Clc1ccn2ccnc2c1.Clc1nc(Cl)c2[nH]cnc2n1.Clc1ncc2[nH]cnc2n1.Clc1ncnc2nc[nH]c12. The Bertz CT molecular complexity index is 7120. The van der Waals surface area contributed by atoms with Gasteiger partial charge in [-0.3, -0.25) is 17.6 Å². The zero-order valence-electron chi connectivity index (χ0n) is 62.9. The van der Waals surface area contributed by atoms with E-state index in [2.05, 4.69) is 105 Å². The maximum atomic E-state index is 5.86. The molecule has 0 unspecified atom stereocenters. The number of H-pyrrole nitrogens is 3. The molecule has 0 amide bonds. The molecule has 126 heavy (non-hydrogen) atoms. The normalized spacial score (nSPS) is 10.6. The maximum Gasteiger partial charge on any atom is 0.225 e. The highest BCUT2D eigenvalue weighted by molar-refractivity contribution is 6.43. The average molecular weight is 2040 g/mol. The molecule has 0 saturated carbocycles. The number of aromatic amines is 3. The number of fused-ring (bicyclic) bond motifs is 12. The number of rotatable bonds is 0. The van der Waals surface area contributed by atoms with Crippen LogP contribution >= 0.6 is 209 Å². The summed E-state index contributed by atoms with van der Waals surface area (Å²) in [5, 5.41) is 9.55. The van der Waals surface area contributed by atoms with E-state index >= 15 is 0 Å². The first kappa shape index (κ1) is 92.7. The fraction of sp³-hybridized carbons (Fsp3) is 0. The monoisotopic (exact) mass is 2030 g/mol.